The number of benzene rings is 2. The van der Waals surface area contributed by atoms with Gasteiger partial charge >= 0.3 is 0 Å². The van der Waals surface area contributed by atoms with Crippen LogP contribution in [0, 0.1) is 5.82 Å². The molecule has 7 nitrogen and oxygen atoms in total. The van der Waals surface area contributed by atoms with Gasteiger partial charge in [-0.25, -0.2) is 12.8 Å². The van der Waals surface area contributed by atoms with E-state index in [0.29, 0.717) is 5.01 Å². The van der Waals surface area contributed by atoms with Gasteiger partial charge in [-0.2, -0.15) is 0 Å². The van der Waals surface area contributed by atoms with E-state index in [0.717, 1.165) is 22.2 Å². The predicted molar refractivity (Wildman–Crippen MR) is 107 cm³/mol. The van der Waals surface area contributed by atoms with E-state index >= 15 is 0 Å². The number of nitrogens with zero attached hydrogens (tertiary/aromatic N) is 3. The summed E-state index contributed by atoms with van der Waals surface area (Å²) in [6.07, 6.45) is 0.958. The second kappa shape index (κ2) is 8.03. The molecule has 28 heavy (non-hydrogen) atoms. The number of halogens is 1. The lowest BCUT2D eigenvalue weighted by Gasteiger charge is -2.27. The average molecular weight is 420 g/mol. The fourth-order valence-corrected chi connectivity index (χ4v) is 4.52. The van der Waals surface area contributed by atoms with Crippen molar-refractivity contribution in [1.82, 2.24) is 10.2 Å². The Morgan fingerprint density at radius 3 is 2.50 bits per heavy atom. The van der Waals surface area contributed by atoms with Crippen LogP contribution in [-0.4, -0.2) is 36.8 Å². The Balaban J connectivity index is 1.82. The zero-order valence-electron chi connectivity index (χ0n) is 15.0. The third kappa shape index (κ3) is 4.52. The summed E-state index contributed by atoms with van der Waals surface area (Å²) in [6.45, 7) is 1.42. The summed E-state index contributed by atoms with van der Waals surface area (Å²) >= 11 is 1.17. The molecule has 10 heteroatoms. The van der Waals surface area contributed by atoms with Crippen molar-refractivity contribution in [3.05, 3.63) is 60.4 Å². The number of sulfonamides is 1. The Morgan fingerprint density at radius 2 is 1.86 bits per heavy atom. The van der Waals surface area contributed by atoms with Gasteiger partial charge in [-0.3, -0.25) is 14.4 Å². The number of hydrogen-bond acceptors (Lipinski definition) is 6. The van der Waals surface area contributed by atoms with Crippen molar-refractivity contribution in [2.75, 3.05) is 15.9 Å². The Bertz CT molecular complexity index is 1090. The molecule has 1 heterocycles. The molecule has 0 bridgehead atoms. The lowest BCUT2D eigenvalue weighted by atomic mass is 10.2. The summed E-state index contributed by atoms with van der Waals surface area (Å²) in [7, 11) is -3.84. The van der Waals surface area contributed by atoms with Crippen LogP contribution in [0.1, 0.15) is 6.92 Å². The first kappa shape index (κ1) is 19.9. The summed E-state index contributed by atoms with van der Waals surface area (Å²) in [5, 5.41) is 11.4. The smallest absolute Gasteiger partial charge is 0.249 e. The van der Waals surface area contributed by atoms with Gasteiger partial charge in [0.15, 0.2) is 0 Å². The van der Waals surface area contributed by atoms with Crippen molar-refractivity contribution in [3.63, 3.8) is 0 Å². The molecule has 1 amide bonds. The summed E-state index contributed by atoms with van der Waals surface area (Å²) in [4.78, 5) is 12.6. The number of amides is 1. The highest BCUT2D eigenvalue weighted by Crippen LogP contribution is 2.27. The Morgan fingerprint density at radius 1 is 1.14 bits per heavy atom. The van der Waals surface area contributed by atoms with E-state index in [-0.39, 0.29) is 10.8 Å². The Hall–Kier alpha value is -2.85. The van der Waals surface area contributed by atoms with Crippen LogP contribution in [0.15, 0.2) is 54.6 Å². The van der Waals surface area contributed by atoms with E-state index in [2.05, 4.69) is 15.5 Å². The fourth-order valence-electron chi connectivity index (χ4n) is 2.60. The van der Waals surface area contributed by atoms with Crippen molar-refractivity contribution in [2.45, 2.75) is 13.0 Å². The molecule has 0 fully saturated rings. The zero-order chi connectivity index (χ0) is 20.3. The normalized spacial score (nSPS) is 12.4. The van der Waals surface area contributed by atoms with Gasteiger partial charge < -0.3 is 0 Å². The minimum atomic E-state index is -3.84. The molecular formula is C18H17FN4O3S2. The van der Waals surface area contributed by atoms with Gasteiger partial charge in [0.1, 0.15) is 16.9 Å². The first-order valence-electron chi connectivity index (χ1n) is 8.20. The molecule has 0 aliphatic heterocycles. The van der Waals surface area contributed by atoms with Gasteiger partial charge in [0.25, 0.3) is 0 Å². The molecule has 0 spiro atoms. The molecule has 3 rings (SSSR count). The van der Waals surface area contributed by atoms with E-state index < -0.39 is 27.8 Å². The summed E-state index contributed by atoms with van der Waals surface area (Å²) in [5.41, 5.74) is 0.915. The SMILES string of the molecule is C[C@H](C(=O)Nc1nnc(-c2ccccc2)s1)N(c1cccc(F)c1)S(C)(=O)=O. The molecule has 0 aliphatic carbocycles. The first-order chi connectivity index (χ1) is 13.3. The highest BCUT2D eigenvalue weighted by Gasteiger charge is 2.30. The van der Waals surface area contributed by atoms with Gasteiger partial charge in [-0.1, -0.05) is 47.7 Å². The van der Waals surface area contributed by atoms with Gasteiger partial charge in [0.05, 0.1) is 11.9 Å². The zero-order valence-corrected chi connectivity index (χ0v) is 16.7. The van der Waals surface area contributed by atoms with Crippen LogP contribution in [0.5, 0.6) is 0 Å². The van der Waals surface area contributed by atoms with Gasteiger partial charge in [-0.15, -0.1) is 10.2 Å². The maximum Gasteiger partial charge on any atom is 0.249 e. The number of anilines is 2. The van der Waals surface area contributed by atoms with E-state index in [1.54, 1.807) is 0 Å². The number of carbonyl (C=O) groups is 1. The highest BCUT2D eigenvalue weighted by atomic mass is 32.2. The monoisotopic (exact) mass is 420 g/mol. The molecule has 146 valence electrons. The van der Waals surface area contributed by atoms with Gasteiger partial charge in [-0.05, 0) is 25.1 Å². The van der Waals surface area contributed by atoms with E-state index in [9.17, 15) is 17.6 Å². The lowest BCUT2D eigenvalue weighted by Crippen LogP contribution is -2.45. The van der Waals surface area contributed by atoms with Crippen molar-refractivity contribution < 1.29 is 17.6 Å². The molecule has 0 aliphatic rings. The molecular weight excluding hydrogens is 403 g/mol. The predicted octanol–water partition coefficient (Wildman–Crippen LogP) is 3.14. The lowest BCUT2D eigenvalue weighted by molar-refractivity contribution is -0.116. The van der Waals surface area contributed by atoms with Gasteiger partial charge in [0.2, 0.25) is 21.1 Å². The molecule has 0 radical (unpaired) electrons. The second-order valence-corrected chi connectivity index (χ2v) is 8.82. The van der Waals surface area contributed by atoms with E-state index in [4.69, 9.17) is 0 Å². The van der Waals surface area contributed by atoms with Crippen molar-refractivity contribution in [2.24, 2.45) is 0 Å². The maximum atomic E-state index is 13.6. The molecule has 0 unspecified atom stereocenters. The number of rotatable bonds is 6. The minimum Gasteiger partial charge on any atom is -0.299 e. The standard InChI is InChI=1S/C18H17FN4O3S2/c1-12(23(28(2,25)26)15-10-6-9-14(19)11-15)16(24)20-18-22-21-17(27-18)13-7-4-3-5-8-13/h3-12H,1-2H3,(H,20,22,24)/t12-/m1/s1. The van der Waals surface area contributed by atoms with Crippen LogP contribution in [0.2, 0.25) is 0 Å². The third-order valence-corrected chi connectivity index (χ3v) is 5.96. The van der Waals surface area contributed by atoms with E-state index in [1.165, 1.54) is 36.5 Å². The van der Waals surface area contributed by atoms with Crippen LogP contribution in [0.25, 0.3) is 10.6 Å². The summed E-state index contributed by atoms with van der Waals surface area (Å²) in [5.74, 6) is -1.21. The molecule has 0 saturated heterocycles. The van der Waals surface area contributed by atoms with Crippen LogP contribution in [0.3, 0.4) is 0 Å². The average Bonchev–Trinajstić information content (AvgIpc) is 3.10. The van der Waals surface area contributed by atoms with Crippen molar-refractivity contribution >= 4 is 38.1 Å². The van der Waals surface area contributed by atoms with Crippen LogP contribution in [-0.2, 0) is 14.8 Å². The van der Waals surface area contributed by atoms with Crippen LogP contribution in [0.4, 0.5) is 15.2 Å². The maximum absolute atomic E-state index is 13.6. The first-order valence-corrected chi connectivity index (χ1v) is 10.9. The summed E-state index contributed by atoms with van der Waals surface area (Å²) < 4.78 is 38.9. The van der Waals surface area contributed by atoms with Crippen molar-refractivity contribution in [1.29, 1.82) is 0 Å². The topological polar surface area (TPSA) is 92.3 Å². The largest absolute Gasteiger partial charge is 0.299 e. The minimum absolute atomic E-state index is 0.0624. The third-order valence-electron chi connectivity index (χ3n) is 3.83. The number of aromatic nitrogens is 2. The molecule has 3 aromatic rings. The van der Waals surface area contributed by atoms with Crippen LogP contribution >= 0.6 is 11.3 Å². The van der Waals surface area contributed by atoms with E-state index in [1.807, 2.05) is 30.3 Å². The molecule has 1 aromatic heterocycles. The van der Waals surface area contributed by atoms with Gasteiger partial charge in [0, 0.05) is 5.56 Å². The molecule has 1 atom stereocenters. The number of hydrogen-bond donors (Lipinski definition) is 1. The molecule has 1 N–H and O–H groups in total. The summed E-state index contributed by atoms with van der Waals surface area (Å²) in [6, 6.07) is 13.3. The van der Waals surface area contributed by atoms with Crippen LogP contribution < -0.4 is 9.62 Å². The number of carbonyl (C=O) groups excluding carboxylic acids is 1. The molecule has 2 aromatic carbocycles. The second-order valence-electron chi connectivity index (χ2n) is 5.98. The fraction of sp³-hybridized carbons (Fsp3) is 0.167. The Kier molecular flexibility index (Phi) is 5.71. The molecule has 0 saturated carbocycles. The van der Waals surface area contributed by atoms with Crippen molar-refractivity contribution in [3.8, 4) is 10.6 Å². The Labute approximate surface area is 165 Å². The quantitative estimate of drug-likeness (QED) is 0.661. The highest BCUT2D eigenvalue weighted by molar-refractivity contribution is 7.92. The number of nitrogens with one attached hydrogen (secondary N) is 1.